The lowest BCUT2D eigenvalue weighted by molar-refractivity contribution is 0.593. The highest BCUT2D eigenvalue weighted by Crippen LogP contribution is 2.26. The fourth-order valence-electron chi connectivity index (χ4n) is 1.50. The Morgan fingerprint density at radius 3 is 2.75 bits per heavy atom. The van der Waals surface area contributed by atoms with Crippen molar-refractivity contribution in [1.82, 2.24) is 4.98 Å². The van der Waals surface area contributed by atoms with Gasteiger partial charge in [0.05, 0.1) is 10.5 Å². The molecule has 2 N–H and O–H groups in total. The minimum absolute atomic E-state index is 0.321. The van der Waals surface area contributed by atoms with Gasteiger partial charge in [0.2, 0.25) is 0 Å². The minimum Gasteiger partial charge on any atom is -0.320 e. The van der Waals surface area contributed by atoms with Crippen LogP contribution in [-0.4, -0.2) is 4.98 Å². The molecule has 1 atom stereocenters. The van der Waals surface area contributed by atoms with E-state index in [-0.39, 0.29) is 5.82 Å². The maximum Gasteiger partial charge on any atom is 0.142 e. The van der Waals surface area contributed by atoms with Crippen molar-refractivity contribution in [2.24, 2.45) is 5.73 Å². The van der Waals surface area contributed by atoms with Crippen LogP contribution in [-0.2, 0) is 0 Å². The van der Waals surface area contributed by atoms with Crippen LogP contribution in [0, 0.1) is 5.82 Å². The Hall–Kier alpha value is -1.26. The molecule has 0 bridgehead atoms. The second kappa shape index (κ2) is 4.72. The maximum atomic E-state index is 13.8. The summed E-state index contributed by atoms with van der Waals surface area (Å²) >= 11 is 3.14. The number of hydrogen-bond acceptors (Lipinski definition) is 2. The molecule has 0 aliphatic rings. The smallest absolute Gasteiger partial charge is 0.142 e. The van der Waals surface area contributed by atoms with Crippen molar-refractivity contribution in [3.63, 3.8) is 0 Å². The first-order chi connectivity index (χ1) is 7.70. The van der Waals surface area contributed by atoms with Crippen molar-refractivity contribution in [1.29, 1.82) is 0 Å². The van der Waals surface area contributed by atoms with Gasteiger partial charge in [-0.2, -0.15) is 0 Å². The molecular formula is C12H10BrFN2. The fourth-order valence-corrected chi connectivity index (χ4v) is 1.88. The van der Waals surface area contributed by atoms with Crippen LogP contribution in [0.5, 0.6) is 0 Å². The standard InChI is InChI=1S/C12H10BrFN2/c13-10-5-1-4-9(11(10)14)12(15)8-3-2-6-16-7-8/h1-7,12H,15H2. The summed E-state index contributed by atoms with van der Waals surface area (Å²) in [6.45, 7) is 0. The highest BCUT2D eigenvalue weighted by Gasteiger charge is 2.15. The Bertz CT molecular complexity index is 488. The fraction of sp³-hybridized carbons (Fsp3) is 0.0833. The van der Waals surface area contributed by atoms with Gasteiger partial charge in [-0.15, -0.1) is 0 Å². The summed E-state index contributed by atoms with van der Waals surface area (Å²) < 4.78 is 14.2. The molecule has 0 aliphatic carbocycles. The third-order valence-corrected chi connectivity index (χ3v) is 2.97. The van der Waals surface area contributed by atoms with E-state index in [0.29, 0.717) is 10.0 Å². The molecule has 2 rings (SSSR count). The number of pyridine rings is 1. The number of nitrogens with two attached hydrogens (primary N) is 1. The van der Waals surface area contributed by atoms with Crippen molar-refractivity contribution in [3.05, 3.63) is 64.1 Å². The number of aromatic nitrogens is 1. The van der Waals surface area contributed by atoms with Crippen LogP contribution < -0.4 is 5.73 Å². The number of nitrogens with zero attached hydrogens (tertiary/aromatic N) is 1. The molecule has 0 spiro atoms. The van der Waals surface area contributed by atoms with Crippen molar-refractivity contribution in [2.45, 2.75) is 6.04 Å². The Balaban J connectivity index is 2.42. The average molecular weight is 281 g/mol. The Morgan fingerprint density at radius 2 is 2.06 bits per heavy atom. The van der Waals surface area contributed by atoms with E-state index in [1.807, 2.05) is 6.07 Å². The molecule has 0 radical (unpaired) electrons. The SMILES string of the molecule is NC(c1cccnc1)c1cccc(Br)c1F. The highest BCUT2D eigenvalue weighted by atomic mass is 79.9. The van der Waals surface area contributed by atoms with Gasteiger partial charge < -0.3 is 5.73 Å². The lowest BCUT2D eigenvalue weighted by Crippen LogP contribution is -2.13. The summed E-state index contributed by atoms with van der Waals surface area (Å²) in [6.07, 6.45) is 3.30. The van der Waals surface area contributed by atoms with E-state index in [2.05, 4.69) is 20.9 Å². The van der Waals surface area contributed by atoms with E-state index < -0.39 is 6.04 Å². The van der Waals surface area contributed by atoms with Gasteiger partial charge in [-0.25, -0.2) is 4.39 Å². The third-order valence-electron chi connectivity index (χ3n) is 2.36. The summed E-state index contributed by atoms with van der Waals surface area (Å²) in [5, 5.41) is 0. The summed E-state index contributed by atoms with van der Waals surface area (Å²) in [7, 11) is 0. The minimum atomic E-state index is -0.494. The van der Waals surface area contributed by atoms with Crippen LogP contribution in [0.2, 0.25) is 0 Å². The lowest BCUT2D eigenvalue weighted by Gasteiger charge is -2.13. The van der Waals surface area contributed by atoms with Crippen LogP contribution in [0.25, 0.3) is 0 Å². The summed E-state index contributed by atoms with van der Waals surface area (Å²) in [5.74, 6) is -0.321. The molecule has 2 aromatic rings. The molecule has 0 saturated heterocycles. The largest absolute Gasteiger partial charge is 0.320 e. The molecule has 2 nitrogen and oxygen atoms in total. The van der Waals surface area contributed by atoms with E-state index in [1.165, 1.54) is 0 Å². The molecule has 82 valence electrons. The molecule has 0 amide bonds. The maximum absolute atomic E-state index is 13.8. The quantitative estimate of drug-likeness (QED) is 0.919. The monoisotopic (exact) mass is 280 g/mol. The zero-order valence-corrected chi connectivity index (χ0v) is 9.99. The van der Waals surface area contributed by atoms with Gasteiger partial charge in [0.15, 0.2) is 0 Å². The van der Waals surface area contributed by atoms with Crippen LogP contribution in [0.1, 0.15) is 17.2 Å². The predicted octanol–water partition coefficient (Wildman–Crippen LogP) is 3.03. The van der Waals surface area contributed by atoms with Crippen LogP contribution in [0.3, 0.4) is 0 Å². The van der Waals surface area contributed by atoms with Crippen molar-refractivity contribution in [2.75, 3.05) is 0 Å². The summed E-state index contributed by atoms with van der Waals surface area (Å²) in [6, 6.07) is 8.21. The zero-order valence-electron chi connectivity index (χ0n) is 8.40. The molecule has 1 unspecified atom stereocenters. The van der Waals surface area contributed by atoms with Crippen LogP contribution in [0.4, 0.5) is 4.39 Å². The molecule has 16 heavy (non-hydrogen) atoms. The van der Waals surface area contributed by atoms with Gasteiger partial charge in [-0.3, -0.25) is 4.98 Å². The van der Waals surface area contributed by atoms with E-state index in [4.69, 9.17) is 5.73 Å². The molecular weight excluding hydrogens is 271 g/mol. The number of hydrogen-bond donors (Lipinski definition) is 1. The molecule has 1 aromatic heterocycles. The van der Waals surface area contributed by atoms with Crippen LogP contribution in [0.15, 0.2) is 47.2 Å². The zero-order chi connectivity index (χ0) is 11.5. The van der Waals surface area contributed by atoms with Crippen molar-refractivity contribution >= 4 is 15.9 Å². The van der Waals surface area contributed by atoms with Gasteiger partial charge in [0.25, 0.3) is 0 Å². The van der Waals surface area contributed by atoms with E-state index >= 15 is 0 Å². The normalized spacial score (nSPS) is 12.4. The Morgan fingerprint density at radius 1 is 1.25 bits per heavy atom. The summed E-state index contributed by atoms with van der Waals surface area (Å²) in [5.41, 5.74) is 7.24. The summed E-state index contributed by atoms with van der Waals surface area (Å²) in [4.78, 5) is 3.97. The van der Waals surface area contributed by atoms with Crippen molar-refractivity contribution < 1.29 is 4.39 Å². The number of halogens is 2. The van der Waals surface area contributed by atoms with Gasteiger partial charge in [0, 0.05) is 18.0 Å². The van der Waals surface area contributed by atoms with Crippen LogP contribution >= 0.6 is 15.9 Å². The first kappa shape index (κ1) is 11.2. The molecule has 1 heterocycles. The number of benzene rings is 1. The molecule has 0 fully saturated rings. The van der Waals surface area contributed by atoms with Gasteiger partial charge in [-0.1, -0.05) is 18.2 Å². The van der Waals surface area contributed by atoms with Gasteiger partial charge in [0.1, 0.15) is 5.82 Å². The number of rotatable bonds is 2. The first-order valence-corrected chi connectivity index (χ1v) is 5.59. The second-order valence-electron chi connectivity index (χ2n) is 3.41. The topological polar surface area (TPSA) is 38.9 Å². The predicted molar refractivity (Wildman–Crippen MR) is 64.4 cm³/mol. The Labute approximate surface area is 101 Å². The Kier molecular flexibility index (Phi) is 3.31. The van der Waals surface area contributed by atoms with E-state index in [9.17, 15) is 4.39 Å². The van der Waals surface area contributed by atoms with Crippen molar-refractivity contribution in [3.8, 4) is 0 Å². The molecule has 4 heteroatoms. The lowest BCUT2D eigenvalue weighted by atomic mass is 10.0. The highest BCUT2D eigenvalue weighted by molar-refractivity contribution is 9.10. The first-order valence-electron chi connectivity index (χ1n) is 4.79. The third kappa shape index (κ3) is 2.13. The molecule has 0 aliphatic heterocycles. The van der Waals surface area contributed by atoms with E-state index in [0.717, 1.165) is 5.56 Å². The average Bonchev–Trinajstić information content (AvgIpc) is 2.33. The van der Waals surface area contributed by atoms with Gasteiger partial charge >= 0.3 is 0 Å². The second-order valence-corrected chi connectivity index (χ2v) is 4.26. The molecule has 1 aromatic carbocycles. The molecule has 0 saturated carbocycles. The van der Waals surface area contributed by atoms with E-state index in [1.54, 1.807) is 36.7 Å². The van der Waals surface area contributed by atoms with Gasteiger partial charge in [-0.05, 0) is 33.6 Å².